The van der Waals surface area contributed by atoms with E-state index in [2.05, 4.69) is 17.1 Å². The minimum Gasteiger partial charge on any atom is -0.383 e. The van der Waals surface area contributed by atoms with E-state index in [0.717, 1.165) is 31.2 Å². The summed E-state index contributed by atoms with van der Waals surface area (Å²) in [6.07, 6.45) is 9.70. The molecule has 19 heavy (non-hydrogen) atoms. The zero-order valence-corrected chi connectivity index (χ0v) is 12.9. The van der Waals surface area contributed by atoms with Gasteiger partial charge in [0, 0.05) is 32.3 Å². The normalized spacial score (nSPS) is 27.9. The topological polar surface area (TPSA) is 24.5 Å². The van der Waals surface area contributed by atoms with E-state index in [4.69, 9.17) is 4.74 Å². The fourth-order valence-electron chi connectivity index (χ4n) is 3.40. The summed E-state index contributed by atoms with van der Waals surface area (Å²) in [6, 6.07) is 1.63. The number of ether oxygens (including phenoxy) is 1. The van der Waals surface area contributed by atoms with Crippen LogP contribution in [-0.4, -0.2) is 50.3 Å². The summed E-state index contributed by atoms with van der Waals surface area (Å²) in [5.41, 5.74) is 0. The molecule has 2 unspecified atom stereocenters. The van der Waals surface area contributed by atoms with Crippen LogP contribution in [0.15, 0.2) is 0 Å². The SMILES string of the molecule is CCCNC1CCCCC1CN(CCOC)C1CC1. The molecule has 0 aromatic rings. The Morgan fingerprint density at radius 3 is 2.63 bits per heavy atom. The third-order valence-electron chi connectivity index (χ3n) is 4.68. The van der Waals surface area contributed by atoms with E-state index < -0.39 is 0 Å². The van der Waals surface area contributed by atoms with Crippen LogP contribution in [-0.2, 0) is 4.74 Å². The average molecular weight is 268 g/mol. The molecule has 2 fully saturated rings. The van der Waals surface area contributed by atoms with Crippen LogP contribution in [0, 0.1) is 5.92 Å². The van der Waals surface area contributed by atoms with Gasteiger partial charge in [-0.3, -0.25) is 4.90 Å². The van der Waals surface area contributed by atoms with Crippen LogP contribution in [0.5, 0.6) is 0 Å². The Bertz CT molecular complexity index is 243. The van der Waals surface area contributed by atoms with Crippen LogP contribution in [0.4, 0.5) is 0 Å². The first kappa shape index (κ1) is 15.3. The van der Waals surface area contributed by atoms with E-state index in [-0.39, 0.29) is 0 Å². The molecule has 0 aliphatic heterocycles. The van der Waals surface area contributed by atoms with E-state index in [0.29, 0.717) is 0 Å². The minimum absolute atomic E-state index is 0.762. The van der Waals surface area contributed by atoms with Gasteiger partial charge in [-0.2, -0.15) is 0 Å². The number of hydrogen-bond donors (Lipinski definition) is 1. The van der Waals surface area contributed by atoms with Gasteiger partial charge in [0.15, 0.2) is 0 Å². The van der Waals surface area contributed by atoms with Crippen LogP contribution in [0.1, 0.15) is 51.9 Å². The van der Waals surface area contributed by atoms with Crippen molar-refractivity contribution in [1.82, 2.24) is 10.2 Å². The lowest BCUT2D eigenvalue weighted by atomic mass is 9.84. The number of nitrogens with zero attached hydrogens (tertiary/aromatic N) is 1. The molecule has 3 nitrogen and oxygen atoms in total. The molecule has 112 valence electrons. The smallest absolute Gasteiger partial charge is 0.0589 e. The quantitative estimate of drug-likeness (QED) is 0.696. The summed E-state index contributed by atoms with van der Waals surface area (Å²) < 4.78 is 5.27. The number of hydrogen-bond acceptors (Lipinski definition) is 3. The van der Waals surface area contributed by atoms with E-state index in [1.807, 2.05) is 7.11 Å². The second-order valence-electron chi connectivity index (χ2n) is 6.32. The maximum Gasteiger partial charge on any atom is 0.0589 e. The van der Waals surface area contributed by atoms with Crippen LogP contribution < -0.4 is 5.32 Å². The highest BCUT2D eigenvalue weighted by atomic mass is 16.5. The molecule has 3 heteroatoms. The van der Waals surface area contributed by atoms with E-state index >= 15 is 0 Å². The Labute approximate surface area is 119 Å². The molecule has 2 aliphatic carbocycles. The van der Waals surface area contributed by atoms with Crippen molar-refractivity contribution in [1.29, 1.82) is 0 Å². The van der Waals surface area contributed by atoms with Gasteiger partial charge in [-0.15, -0.1) is 0 Å². The van der Waals surface area contributed by atoms with Crippen LogP contribution in [0.25, 0.3) is 0 Å². The summed E-state index contributed by atoms with van der Waals surface area (Å²) in [5, 5.41) is 3.78. The van der Waals surface area contributed by atoms with Crippen molar-refractivity contribution in [3.8, 4) is 0 Å². The van der Waals surface area contributed by atoms with Gasteiger partial charge in [0.2, 0.25) is 0 Å². The van der Waals surface area contributed by atoms with Crippen molar-refractivity contribution in [2.24, 2.45) is 5.92 Å². The lowest BCUT2D eigenvalue weighted by Gasteiger charge is -2.36. The fraction of sp³-hybridized carbons (Fsp3) is 1.00. The molecule has 0 bridgehead atoms. The van der Waals surface area contributed by atoms with Crippen molar-refractivity contribution in [2.75, 3.05) is 33.4 Å². The summed E-state index contributed by atoms with van der Waals surface area (Å²) in [6.45, 7) is 6.74. The van der Waals surface area contributed by atoms with Gasteiger partial charge in [-0.05, 0) is 44.6 Å². The van der Waals surface area contributed by atoms with E-state index in [1.165, 1.54) is 58.0 Å². The highest BCUT2D eigenvalue weighted by Crippen LogP contribution is 2.31. The Morgan fingerprint density at radius 2 is 1.95 bits per heavy atom. The van der Waals surface area contributed by atoms with E-state index in [1.54, 1.807) is 0 Å². The molecule has 0 saturated heterocycles. The van der Waals surface area contributed by atoms with Crippen molar-refractivity contribution in [3.63, 3.8) is 0 Å². The average Bonchev–Trinajstić information content (AvgIpc) is 3.26. The van der Waals surface area contributed by atoms with Crippen molar-refractivity contribution >= 4 is 0 Å². The summed E-state index contributed by atoms with van der Waals surface area (Å²) in [7, 11) is 1.82. The highest BCUT2D eigenvalue weighted by Gasteiger charge is 2.33. The van der Waals surface area contributed by atoms with Gasteiger partial charge in [-0.25, -0.2) is 0 Å². The van der Waals surface area contributed by atoms with Crippen LogP contribution >= 0.6 is 0 Å². The van der Waals surface area contributed by atoms with Crippen LogP contribution in [0.3, 0.4) is 0 Å². The molecule has 1 N–H and O–H groups in total. The molecule has 2 rings (SSSR count). The van der Waals surface area contributed by atoms with Crippen molar-refractivity contribution in [3.05, 3.63) is 0 Å². The fourth-order valence-corrected chi connectivity index (χ4v) is 3.40. The van der Waals surface area contributed by atoms with Gasteiger partial charge >= 0.3 is 0 Å². The second kappa shape index (κ2) is 8.23. The summed E-state index contributed by atoms with van der Waals surface area (Å²) in [5.74, 6) is 0.859. The predicted molar refractivity (Wildman–Crippen MR) is 80.5 cm³/mol. The number of nitrogens with one attached hydrogen (secondary N) is 1. The zero-order chi connectivity index (χ0) is 13.5. The summed E-state index contributed by atoms with van der Waals surface area (Å²) >= 11 is 0. The number of rotatable bonds is 9. The molecule has 0 aromatic heterocycles. The second-order valence-corrected chi connectivity index (χ2v) is 6.32. The molecular formula is C16H32N2O. The molecule has 0 radical (unpaired) electrons. The monoisotopic (exact) mass is 268 g/mol. The van der Waals surface area contributed by atoms with Gasteiger partial charge in [0.05, 0.1) is 6.61 Å². The van der Waals surface area contributed by atoms with Crippen molar-refractivity contribution in [2.45, 2.75) is 64.0 Å². The number of methoxy groups -OCH3 is 1. The molecule has 0 spiro atoms. The Kier molecular flexibility index (Phi) is 6.62. The van der Waals surface area contributed by atoms with E-state index in [9.17, 15) is 0 Å². The zero-order valence-electron chi connectivity index (χ0n) is 12.9. The van der Waals surface area contributed by atoms with Gasteiger partial charge in [-0.1, -0.05) is 19.8 Å². The van der Waals surface area contributed by atoms with Crippen LogP contribution in [0.2, 0.25) is 0 Å². The molecule has 2 atom stereocenters. The van der Waals surface area contributed by atoms with Gasteiger partial charge in [0.25, 0.3) is 0 Å². The first-order chi connectivity index (χ1) is 9.35. The lowest BCUT2D eigenvalue weighted by molar-refractivity contribution is 0.113. The molecular weight excluding hydrogens is 236 g/mol. The lowest BCUT2D eigenvalue weighted by Crippen LogP contribution is -2.45. The third kappa shape index (κ3) is 5.05. The Morgan fingerprint density at radius 1 is 1.16 bits per heavy atom. The summed E-state index contributed by atoms with van der Waals surface area (Å²) in [4.78, 5) is 2.69. The highest BCUT2D eigenvalue weighted by molar-refractivity contribution is 4.89. The minimum atomic E-state index is 0.762. The third-order valence-corrected chi connectivity index (χ3v) is 4.68. The molecule has 0 aromatic carbocycles. The maximum absolute atomic E-state index is 5.27. The standard InChI is InChI=1S/C16H32N2O/c1-3-10-17-16-7-5-4-6-14(16)13-18(11-12-19-2)15-8-9-15/h14-17H,3-13H2,1-2H3. The molecule has 2 aliphatic rings. The largest absolute Gasteiger partial charge is 0.383 e. The first-order valence-electron chi connectivity index (χ1n) is 8.31. The molecule has 0 amide bonds. The Hall–Kier alpha value is -0.120. The van der Waals surface area contributed by atoms with Gasteiger partial charge in [0.1, 0.15) is 0 Å². The molecule has 2 saturated carbocycles. The predicted octanol–water partition coefficient (Wildman–Crippen LogP) is 2.66. The molecule has 0 heterocycles. The van der Waals surface area contributed by atoms with Crippen molar-refractivity contribution < 1.29 is 4.74 Å². The Balaban J connectivity index is 1.81. The van der Waals surface area contributed by atoms with Gasteiger partial charge < -0.3 is 10.1 Å². The maximum atomic E-state index is 5.27. The first-order valence-corrected chi connectivity index (χ1v) is 8.31.